The van der Waals surface area contributed by atoms with Gasteiger partial charge in [-0.2, -0.15) is 0 Å². The monoisotopic (exact) mass is 383 g/mol. The van der Waals surface area contributed by atoms with Crippen LogP contribution in [0, 0.1) is 6.92 Å². The molecule has 4 rings (SSSR count). The smallest absolute Gasteiger partial charge is 0.262 e. The molecule has 0 fully saturated rings. The zero-order chi connectivity index (χ0) is 19.0. The molecule has 136 valence electrons. The fraction of sp³-hybridized carbons (Fsp3) is 0.105. The third-order valence-corrected chi connectivity index (χ3v) is 4.42. The van der Waals surface area contributed by atoms with Gasteiger partial charge in [-0.05, 0) is 31.2 Å². The first-order chi connectivity index (χ1) is 13.0. The lowest BCUT2D eigenvalue weighted by Crippen LogP contribution is -2.25. The number of amides is 2. The summed E-state index contributed by atoms with van der Waals surface area (Å²) in [5.41, 5.74) is 2.26. The molecule has 3 aromatic rings. The molecular weight excluding hydrogens is 370 g/mol. The van der Waals surface area contributed by atoms with Gasteiger partial charge in [-0.3, -0.25) is 9.59 Å². The van der Waals surface area contributed by atoms with Gasteiger partial charge in [0.1, 0.15) is 22.8 Å². The molecule has 0 unspecified atom stereocenters. The Hall–Kier alpha value is -3.32. The Labute approximate surface area is 159 Å². The van der Waals surface area contributed by atoms with E-state index < -0.39 is 5.91 Å². The van der Waals surface area contributed by atoms with E-state index in [1.165, 1.54) is 0 Å². The molecule has 8 heteroatoms. The predicted octanol–water partition coefficient (Wildman–Crippen LogP) is 3.89. The number of nitrogens with zero attached hydrogens (tertiary/aromatic N) is 1. The predicted molar refractivity (Wildman–Crippen MR) is 100 cm³/mol. The molecule has 7 nitrogen and oxygen atoms in total. The molecule has 0 spiro atoms. The third-order valence-electron chi connectivity index (χ3n) is 4.09. The van der Waals surface area contributed by atoms with Gasteiger partial charge >= 0.3 is 0 Å². The molecule has 0 saturated heterocycles. The standard InChI is InChI=1S/C19H14ClN3O4/c1-10-17(18(23-27-10)12-4-2-3-5-13(12)20)19(25)21-11-6-7-15-14(8-11)22-16(24)9-26-15/h2-8H,9H2,1H3,(H,21,25)(H,22,24). The van der Waals surface area contributed by atoms with Gasteiger partial charge in [-0.15, -0.1) is 0 Å². The molecule has 27 heavy (non-hydrogen) atoms. The van der Waals surface area contributed by atoms with Crippen LogP contribution in [0.2, 0.25) is 5.02 Å². The molecule has 2 aromatic carbocycles. The molecule has 2 amide bonds. The van der Waals surface area contributed by atoms with E-state index in [0.29, 0.717) is 44.7 Å². The Balaban J connectivity index is 1.65. The van der Waals surface area contributed by atoms with Crippen molar-refractivity contribution < 1.29 is 18.8 Å². The first-order valence-electron chi connectivity index (χ1n) is 8.12. The van der Waals surface area contributed by atoms with Crippen molar-refractivity contribution in [2.24, 2.45) is 0 Å². The van der Waals surface area contributed by atoms with Crippen LogP contribution in [-0.2, 0) is 4.79 Å². The van der Waals surface area contributed by atoms with Gasteiger partial charge in [0.25, 0.3) is 11.8 Å². The van der Waals surface area contributed by atoms with Crippen molar-refractivity contribution in [3.05, 3.63) is 58.8 Å². The van der Waals surface area contributed by atoms with Gasteiger partial charge in [-0.1, -0.05) is 35.0 Å². The number of anilines is 2. The Morgan fingerprint density at radius 2 is 2.07 bits per heavy atom. The molecule has 0 atom stereocenters. The second kappa shape index (κ2) is 6.77. The zero-order valence-corrected chi connectivity index (χ0v) is 15.0. The average molecular weight is 384 g/mol. The summed E-state index contributed by atoms with van der Waals surface area (Å²) >= 11 is 6.23. The van der Waals surface area contributed by atoms with Crippen LogP contribution in [0.4, 0.5) is 11.4 Å². The number of aryl methyl sites for hydroxylation is 1. The minimum absolute atomic E-state index is 0.0280. The summed E-state index contributed by atoms with van der Waals surface area (Å²) in [6, 6.07) is 12.1. The normalized spacial score (nSPS) is 12.7. The molecule has 2 N–H and O–H groups in total. The van der Waals surface area contributed by atoms with E-state index in [-0.39, 0.29) is 12.5 Å². The number of halogens is 1. The SMILES string of the molecule is Cc1onc(-c2ccccc2Cl)c1C(=O)Nc1ccc2c(c1)NC(=O)CO2. The number of fused-ring (bicyclic) bond motifs is 1. The maximum atomic E-state index is 12.9. The molecule has 0 saturated carbocycles. The van der Waals surface area contributed by atoms with Gasteiger partial charge in [0.15, 0.2) is 6.61 Å². The van der Waals surface area contributed by atoms with E-state index in [1.54, 1.807) is 49.4 Å². The van der Waals surface area contributed by atoms with Crippen LogP contribution in [0.15, 0.2) is 47.0 Å². The maximum absolute atomic E-state index is 12.9. The highest BCUT2D eigenvalue weighted by Gasteiger charge is 2.24. The van der Waals surface area contributed by atoms with Crippen molar-refractivity contribution in [3.8, 4) is 17.0 Å². The van der Waals surface area contributed by atoms with Gasteiger partial charge in [0.2, 0.25) is 0 Å². The molecule has 2 heterocycles. The number of hydrogen-bond acceptors (Lipinski definition) is 5. The topological polar surface area (TPSA) is 93.5 Å². The van der Waals surface area contributed by atoms with E-state index in [9.17, 15) is 9.59 Å². The Kier molecular flexibility index (Phi) is 4.29. The van der Waals surface area contributed by atoms with Crippen molar-refractivity contribution in [1.29, 1.82) is 0 Å². The summed E-state index contributed by atoms with van der Waals surface area (Å²) in [5, 5.41) is 9.95. The number of benzene rings is 2. The molecule has 0 aliphatic carbocycles. The summed E-state index contributed by atoms with van der Waals surface area (Å²) in [5.74, 6) is 0.274. The Morgan fingerprint density at radius 3 is 2.89 bits per heavy atom. The average Bonchev–Trinajstić information content (AvgIpc) is 3.03. The number of hydrogen-bond donors (Lipinski definition) is 2. The van der Waals surface area contributed by atoms with E-state index >= 15 is 0 Å². The molecular formula is C19H14ClN3O4. The van der Waals surface area contributed by atoms with Crippen molar-refractivity contribution >= 4 is 34.8 Å². The second-order valence-electron chi connectivity index (χ2n) is 5.94. The Morgan fingerprint density at radius 1 is 1.26 bits per heavy atom. The van der Waals surface area contributed by atoms with Crippen LogP contribution < -0.4 is 15.4 Å². The van der Waals surface area contributed by atoms with Crippen LogP contribution >= 0.6 is 11.6 Å². The zero-order valence-electron chi connectivity index (χ0n) is 14.2. The third kappa shape index (κ3) is 3.24. The second-order valence-corrected chi connectivity index (χ2v) is 6.35. The fourth-order valence-electron chi connectivity index (χ4n) is 2.83. The van der Waals surface area contributed by atoms with Crippen LogP contribution in [0.25, 0.3) is 11.3 Å². The first-order valence-corrected chi connectivity index (χ1v) is 8.50. The lowest BCUT2D eigenvalue weighted by molar-refractivity contribution is -0.118. The van der Waals surface area contributed by atoms with E-state index in [4.69, 9.17) is 20.9 Å². The summed E-state index contributed by atoms with van der Waals surface area (Å²) in [4.78, 5) is 24.3. The van der Waals surface area contributed by atoms with E-state index in [1.807, 2.05) is 0 Å². The number of ether oxygens (including phenoxy) is 1. The Bertz CT molecular complexity index is 1060. The molecule has 1 aliphatic rings. The highest BCUT2D eigenvalue weighted by atomic mass is 35.5. The van der Waals surface area contributed by atoms with E-state index in [0.717, 1.165) is 0 Å². The van der Waals surface area contributed by atoms with Crippen LogP contribution in [0.3, 0.4) is 0 Å². The van der Waals surface area contributed by atoms with Crippen molar-refractivity contribution in [2.75, 3.05) is 17.2 Å². The number of nitrogens with one attached hydrogen (secondary N) is 2. The number of aromatic nitrogens is 1. The molecule has 0 radical (unpaired) electrons. The van der Waals surface area contributed by atoms with Crippen molar-refractivity contribution in [3.63, 3.8) is 0 Å². The largest absolute Gasteiger partial charge is 0.482 e. The van der Waals surface area contributed by atoms with Gasteiger partial charge < -0.3 is 19.9 Å². The highest BCUT2D eigenvalue weighted by Crippen LogP contribution is 2.33. The summed E-state index contributed by atoms with van der Waals surface area (Å²) < 4.78 is 10.5. The summed E-state index contributed by atoms with van der Waals surface area (Å²) in [6.07, 6.45) is 0. The van der Waals surface area contributed by atoms with Gasteiger partial charge in [0, 0.05) is 11.3 Å². The maximum Gasteiger partial charge on any atom is 0.262 e. The molecule has 0 bridgehead atoms. The van der Waals surface area contributed by atoms with Crippen LogP contribution in [-0.4, -0.2) is 23.6 Å². The highest BCUT2D eigenvalue weighted by molar-refractivity contribution is 6.33. The number of carbonyl (C=O) groups is 2. The van der Waals surface area contributed by atoms with Crippen molar-refractivity contribution in [2.45, 2.75) is 6.92 Å². The lowest BCUT2D eigenvalue weighted by Gasteiger charge is -2.18. The van der Waals surface area contributed by atoms with Gasteiger partial charge in [0.05, 0.1) is 10.7 Å². The van der Waals surface area contributed by atoms with Crippen LogP contribution in [0.5, 0.6) is 5.75 Å². The lowest BCUT2D eigenvalue weighted by atomic mass is 10.1. The first kappa shape index (κ1) is 17.1. The summed E-state index contributed by atoms with van der Waals surface area (Å²) in [7, 11) is 0. The van der Waals surface area contributed by atoms with Gasteiger partial charge in [-0.25, -0.2) is 0 Å². The molecule has 1 aliphatic heterocycles. The quantitative estimate of drug-likeness (QED) is 0.715. The number of carbonyl (C=O) groups excluding carboxylic acids is 2. The summed E-state index contributed by atoms with van der Waals surface area (Å²) in [6.45, 7) is 1.63. The number of rotatable bonds is 3. The van der Waals surface area contributed by atoms with E-state index in [2.05, 4.69) is 15.8 Å². The fourth-order valence-corrected chi connectivity index (χ4v) is 3.06. The molecule has 1 aromatic heterocycles. The van der Waals surface area contributed by atoms with Crippen LogP contribution in [0.1, 0.15) is 16.1 Å². The minimum Gasteiger partial charge on any atom is -0.482 e. The van der Waals surface area contributed by atoms with Crippen molar-refractivity contribution in [1.82, 2.24) is 5.16 Å². The minimum atomic E-state index is -0.397.